The van der Waals surface area contributed by atoms with Crippen LogP contribution in [0.25, 0.3) is 11.0 Å². The summed E-state index contributed by atoms with van der Waals surface area (Å²) in [5, 5.41) is 0.645. The van der Waals surface area contributed by atoms with E-state index in [0.29, 0.717) is 24.2 Å². The van der Waals surface area contributed by atoms with E-state index in [9.17, 15) is 4.79 Å². The van der Waals surface area contributed by atoms with E-state index in [1.165, 1.54) is 0 Å². The third kappa shape index (κ3) is 2.88. The van der Waals surface area contributed by atoms with Crippen molar-refractivity contribution in [3.63, 3.8) is 0 Å². The fourth-order valence-corrected chi connectivity index (χ4v) is 2.53. The second-order valence-corrected chi connectivity index (χ2v) is 5.35. The van der Waals surface area contributed by atoms with Gasteiger partial charge in [-0.15, -0.1) is 0 Å². The Morgan fingerprint density at radius 2 is 2.00 bits per heavy atom. The van der Waals surface area contributed by atoms with E-state index in [2.05, 4.69) is 9.97 Å². The molecule has 3 aromatic rings. The SMILES string of the molecule is Cc1cc2c(=O)n(CCCOc3ccccc3)c(C)nc2[nH]1. The highest BCUT2D eigenvalue weighted by Crippen LogP contribution is 2.11. The molecule has 0 fully saturated rings. The Hall–Kier alpha value is -2.56. The van der Waals surface area contributed by atoms with Gasteiger partial charge in [-0.3, -0.25) is 9.36 Å². The van der Waals surface area contributed by atoms with Crippen molar-refractivity contribution < 1.29 is 4.74 Å². The van der Waals surface area contributed by atoms with Gasteiger partial charge in [0.15, 0.2) is 0 Å². The number of ether oxygens (including phenoxy) is 1. The van der Waals surface area contributed by atoms with Crippen LogP contribution in [0.1, 0.15) is 17.9 Å². The molecule has 1 aromatic carbocycles. The molecule has 0 saturated carbocycles. The number of nitrogens with one attached hydrogen (secondary N) is 1. The first kappa shape index (κ1) is 14.4. The number of H-pyrrole nitrogens is 1. The van der Waals surface area contributed by atoms with Gasteiger partial charge in [0.1, 0.15) is 17.2 Å². The van der Waals surface area contributed by atoms with Gasteiger partial charge in [-0.05, 0) is 38.5 Å². The van der Waals surface area contributed by atoms with Crippen LogP contribution in [0.15, 0.2) is 41.2 Å². The van der Waals surface area contributed by atoms with Gasteiger partial charge in [0.05, 0.1) is 12.0 Å². The molecule has 114 valence electrons. The lowest BCUT2D eigenvalue weighted by atomic mass is 10.3. The number of benzene rings is 1. The summed E-state index contributed by atoms with van der Waals surface area (Å²) in [5.41, 5.74) is 1.62. The summed E-state index contributed by atoms with van der Waals surface area (Å²) in [7, 11) is 0. The summed E-state index contributed by atoms with van der Waals surface area (Å²) in [6, 6.07) is 11.5. The molecule has 0 bridgehead atoms. The van der Waals surface area contributed by atoms with Crippen LogP contribution >= 0.6 is 0 Å². The number of para-hydroxylation sites is 1. The molecule has 22 heavy (non-hydrogen) atoms. The van der Waals surface area contributed by atoms with E-state index < -0.39 is 0 Å². The smallest absolute Gasteiger partial charge is 0.263 e. The van der Waals surface area contributed by atoms with Crippen molar-refractivity contribution in [1.29, 1.82) is 0 Å². The maximum absolute atomic E-state index is 12.5. The summed E-state index contributed by atoms with van der Waals surface area (Å²) in [6.07, 6.45) is 0.756. The zero-order valence-corrected chi connectivity index (χ0v) is 12.8. The van der Waals surface area contributed by atoms with Gasteiger partial charge in [0, 0.05) is 12.2 Å². The first-order valence-corrected chi connectivity index (χ1v) is 7.40. The fourth-order valence-electron chi connectivity index (χ4n) is 2.53. The van der Waals surface area contributed by atoms with Crippen LogP contribution in [-0.2, 0) is 6.54 Å². The predicted octanol–water partition coefficient (Wildman–Crippen LogP) is 2.81. The van der Waals surface area contributed by atoms with E-state index in [-0.39, 0.29) is 5.56 Å². The summed E-state index contributed by atoms with van der Waals surface area (Å²) in [4.78, 5) is 20.1. The maximum Gasteiger partial charge on any atom is 0.263 e. The third-order valence-electron chi connectivity index (χ3n) is 3.61. The molecular weight excluding hydrogens is 278 g/mol. The lowest BCUT2D eigenvalue weighted by Gasteiger charge is -2.10. The van der Waals surface area contributed by atoms with Crippen LogP contribution in [0.5, 0.6) is 5.75 Å². The van der Waals surface area contributed by atoms with Crippen molar-refractivity contribution >= 4 is 11.0 Å². The number of hydrogen-bond acceptors (Lipinski definition) is 3. The largest absolute Gasteiger partial charge is 0.494 e. The summed E-state index contributed by atoms with van der Waals surface area (Å²) >= 11 is 0. The van der Waals surface area contributed by atoms with Crippen molar-refractivity contribution in [1.82, 2.24) is 14.5 Å². The van der Waals surface area contributed by atoms with E-state index >= 15 is 0 Å². The molecule has 5 nitrogen and oxygen atoms in total. The Bertz CT molecular complexity index is 834. The lowest BCUT2D eigenvalue weighted by molar-refractivity contribution is 0.300. The summed E-state index contributed by atoms with van der Waals surface area (Å²) in [5.74, 6) is 1.57. The number of aromatic nitrogens is 3. The van der Waals surface area contributed by atoms with Gasteiger partial charge in [-0.2, -0.15) is 0 Å². The predicted molar refractivity (Wildman–Crippen MR) is 86.4 cm³/mol. The second kappa shape index (κ2) is 6.05. The van der Waals surface area contributed by atoms with Gasteiger partial charge in [0.2, 0.25) is 0 Å². The molecule has 0 spiro atoms. The van der Waals surface area contributed by atoms with Gasteiger partial charge < -0.3 is 9.72 Å². The highest BCUT2D eigenvalue weighted by atomic mass is 16.5. The molecule has 0 atom stereocenters. The zero-order valence-electron chi connectivity index (χ0n) is 12.8. The number of aryl methyl sites for hydroxylation is 2. The molecular formula is C17H19N3O2. The zero-order chi connectivity index (χ0) is 15.5. The Morgan fingerprint density at radius 3 is 2.77 bits per heavy atom. The molecule has 0 aliphatic heterocycles. The van der Waals surface area contributed by atoms with Crippen LogP contribution in [0.3, 0.4) is 0 Å². The summed E-state index contributed by atoms with van der Waals surface area (Å²) < 4.78 is 7.37. The molecule has 2 aromatic heterocycles. The quantitative estimate of drug-likeness (QED) is 0.737. The van der Waals surface area contributed by atoms with Crippen molar-refractivity contribution in [3.8, 4) is 5.75 Å². The minimum absolute atomic E-state index is 0.00608. The molecule has 0 radical (unpaired) electrons. The molecule has 1 N–H and O–H groups in total. The molecule has 0 unspecified atom stereocenters. The Kier molecular flexibility index (Phi) is 3.96. The third-order valence-corrected chi connectivity index (χ3v) is 3.61. The van der Waals surface area contributed by atoms with Crippen molar-refractivity contribution in [3.05, 3.63) is 58.3 Å². The van der Waals surface area contributed by atoms with Gasteiger partial charge >= 0.3 is 0 Å². The first-order valence-electron chi connectivity index (χ1n) is 7.40. The van der Waals surface area contributed by atoms with E-state index in [1.807, 2.05) is 50.2 Å². The number of fused-ring (bicyclic) bond motifs is 1. The van der Waals surface area contributed by atoms with Gasteiger partial charge in [-0.25, -0.2) is 4.98 Å². The highest BCUT2D eigenvalue weighted by molar-refractivity contribution is 5.75. The van der Waals surface area contributed by atoms with Crippen LogP contribution in [0.2, 0.25) is 0 Å². The van der Waals surface area contributed by atoms with Crippen LogP contribution in [0.4, 0.5) is 0 Å². The maximum atomic E-state index is 12.5. The molecule has 0 saturated heterocycles. The Labute approximate surface area is 128 Å². The minimum Gasteiger partial charge on any atom is -0.494 e. The molecule has 5 heteroatoms. The standard InChI is InChI=1S/C17H19N3O2/c1-12-11-15-16(18-12)19-13(2)20(17(15)21)9-6-10-22-14-7-4-3-5-8-14/h3-5,7-8,11,18H,6,9-10H2,1-2H3. The van der Waals surface area contributed by atoms with Crippen LogP contribution in [0, 0.1) is 13.8 Å². The normalized spacial score (nSPS) is 11.0. The first-order chi connectivity index (χ1) is 10.6. The minimum atomic E-state index is 0.00608. The Morgan fingerprint density at radius 1 is 1.23 bits per heavy atom. The number of rotatable bonds is 5. The molecule has 0 aliphatic carbocycles. The lowest BCUT2D eigenvalue weighted by Crippen LogP contribution is -2.24. The Balaban J connectivity index is 1.70. The van der Waals surface area contributed by atoms with Crippen LogP contribution in [-0.4, -0.2) is 21.1 Å². The average Bonchev–Trinajstić information content (AvgIpc) is 2.88. The monoisotopic (exact) mass is 297 g/mol. The highest BCUT2D eigenvalue weighted by Gasteiger charge is 2.09. The molecule has 0 amide bonds. The molecule has 2 heterocycles. The number of hydrogen-bond donors (Lipinski definition) is 1. The molecule has 3 rings (SSSR count). The van der Waals surface area contributed by atoms with Gasteiger partial charge in [0.25, 0.3) is 5.56 Å². The van der Waals surface area contributed by atoms with E-state index in [4.69, 9.17) is 4.74 Å². The average molecular weight is 297 g/mol. The van der Waals surface area contributed by atoms with Crippen LogP contribution < -0.4 is 10.3 Å². The second-order valence-electron chi connectivity index (χ2n) is 5.35. The van der Waals surface area contributed by atoms with Gasteiger partial charge in [-0.1, -0.05) is 18.2 Å². The van der Waals surface area contributed by atoms with Crippen molar-refractivity contribution in [2.24, 2.45) is 0 Å². The summed E-state index contributed by atoms with van der Waals surface area (Å²) in [6.45, 7) is 4.95. The number of aromatic amines is 1. The van der Waals surface area contributed by atoms with E-state index in [0.717, 1.165) is 23.7 Å². The van der Waals surface area contributed by atoms with Crippen molar-refractivity contribution in [2.75, 3.05) is 6.61 Å². The fraction of sp³-hybridized carbons (Fsp3) is 0.294. The number of nitrogens with zero attached hydrogens (tertiary/aromatic N) is 2. The van der Waals surface area contributed by atoms with Crippen molar-refractivity contribution in [2.45, 2.75) is 26.8 Å². The molecule has 0 aliphatic rings. The topological polar surface area (TPSA) is 59.9 Å². The van der Waals surface area contributed by atoms with E-state index in [1.54, 1.807) is 4.57 Å².